The van der Waals surface area contributed by atoms with E-state index in [4.69, 9.17) is 4.74 Å². The zero-order valence-electron chi connectivity index (χ0n) is 10.5. The average molecular weight is 226 g/mol. The first-order chi connectivity index (χ1) is 7.40. The summed E-state index contributed by atoms with van der Waals surface area (Å²) in [5, 5.41) is 0. The van der Waals surface area contributed by atoms with Gasteiger partial charge in [0, 0.05) is 6.42 Å². The van der Waals surface area contributed by atoms with Crippen LogP contribution < -0.4 is 0 Å². The van der Waals surface area contributed by atoms with Crippen LogP contribution in [0.1, 0.15) is 59.3 Å². The minimum Gasteiger partial charge on any atom is -0.460 e. The molecule has 92 valence electrons. The Bertz CT molecular complexity index is 257. The highest BCUT2D eigenvalue weighted by molar-refractivity contribution is 5.80. The molecule has 1 aliphatic carbocycles. The van der Waals surface area contributed by atoms with Gasteiger partial charge in [0.25, 0.3) is 0 Å². The summed E-state index contributed by atoms with van der Waals surface area (Å²) in [5.41, 5.74) is -1.00. The zero-order valence-corrected chi connectivity index (χ0v) is 10.5. The van der Waals surface area contributed by atoms with E-state index in [2.05, 4.69) is 0 Å². The quantitative estimate of drug-likeness (QED) is 0.549. The maximum Gasteiger partial charge on any atom is 0.313 e. The van der Waals surface area contributed by atoms with Gasteiger partial charge in [0.2, 0.25) is 0 Å². The Kier molecular flexibility index (Phi) is 4.11. The standard InChI is InChI=1S/C13H22O3/c1-12(2,3)16-11(15)13(9-10-14)7-5-4-6-8-13/h10H,4-9H2,1-3H3. The van der Waals surface area contributed by atoms with Gasteiger partial charge in [-0.05, 0) is 33.6 Å². The monoisotopic (exact) mass is 226 g/mol. The number of hydrogen-bond donors (Lipinski definition) is 0. The summed E-state index contributed by atoms with van der Waals surface area (Å²) in [4.78, 5) is 22.9. The van der Waals surface area contributed by atoms with Gasteiger partial charge < -0.3 is 9.53 Å². The van der Waals surface area contributed by atoms with Crippen molar-refractivity contribution in [1.82, 2.24) is 0 Å². The SMILES string of the molecule is CC(C)(C)OC(=O)C1(CC=O)CCCCC1. The maximum atomic E-state index is 12.1. The zero-order chi connectivity index (χ0) is 12.2. The molecule has 0 atom stereocenters. The lowest BCUT2D eigenvalue weighted by molar-refractivity contribution is -0.170. The van der Waals surface area contributed by atoms with Crippen LogP contribution in [-0.4, -0.2) is 17.9 Å². The first-order valence-electron chi connectivity index (χ1n) is 6.07. The molecule has 0 unspecified atom stereocenters. The molecule has 0 heterocycles. The molecule has 0 N–H and O–H groups in total. The van der Waals surface area contributed by atoms with Crippen molar-refractivity contribution in [2.45, 2.75) is 64.9 Å². The van der Waals surface area contributed by atoms with Gasteiger partial charge in [0.1, 0.15) is 11.9 Å². The van der Waals surface area contributed by atoms with Crippen LogP contribution in [0.5, 0.6) is 0 Å². The Balaban J connectivity index is 2.75. The lowest BCUT2D eigenvalue weighted by Gasteiger charge is -2.35. The van der Waals surface area contributed by atoms with Crippen molar-refractivity contribution in [3.63, 3.8) is 0 Å². The molecule has 0 aromatic heterocycles. The lowest BCUT2D eigenvalue weighted by Crippen LogP contribution is -2.39. The summed E-state index contributed by atoms with van der Waals surface area (Å²) >= 11 is 0. The predicted octanol–water partition coefficient (Wildman–Crippen LogP) is 2.87. The highest BCUT2D eigenvalue weighted by atomic mass is 16.6. The van der Waals surface area contributed by atoms with Gasteiger partial charge in [-0.25, -0.2) is 0 Å². The van der Waals surface area contributed by atoms with Gasteiger partial charge >= 0.3 is 5.97 Å². The fourth-order valence-corrected chi connectivity index (χ4v) is 2.27. The Morgan fingerprint density at radius 1 is 1.25 bits per heavy atom. The fourth-order valence-electron chi connectivity index (χ4n) is 2.27. The molecule has 1 rings (SSSR count). The largest absolute Gasteiger partial charge is 0.460 e. The predicted molar refractivity (Wildman–Crippen MR) is 62.0 cm³/mol. The molecule has 0 spiro atoms. The Hall–Kier alpha value is -0.860. The number of carbonyl (C=O) groups excluding carboxylic acids is 2. The third kappa shape index (κ3) is 3.32. The van der Waals surface area contributed by atoms with Gasteiger partial charge in [-0.2, -0.15) is 0 Å². The Morgan fingerprint density at radius 3 is 2.25 bits per heavy atom. The van der Waals surface area contributed by atoms with Crippen LogP contribution in [0.15, 0.2) is 0 Å². The van der Waals surface area contributed by atoms with E-state index in [0.717, 1.165) is 38.4 Å². The molecular weight excluding hydrogens is 204 g/mol. The second-order valence-corrected chi connectivity index (χ2v) is 5.71. The van der Waals surface area contributed by atoms with Crippen molar-refractivity contribution in [3.05, 3.63) is 0 Å². The number of aldehydes is 1. The van der Waals surface area contributed by atoms with Crippen LogP contribution in [-0.2, 0) is 14.3 Å². The molecule has 0 aromatic carbocycles. The summed E-state index contributed by atoms with van der Waals surface area (Å²) in [6.07, 6.45) is 5.95. The van der Waals surface area contributed by atoms with Crippen LogP contribution >= 0.6 is 0 Å². The molecule has 1 saturated carbocycles. The van der Waals surface area contributed by atoms with E-state index in [1.165, 1.54) is 0 Å². The van der Waals surface area contributed by atoms with Gasteiger partial charge in [-0.15, -0.1) is 0 Å². The smallest absolute Gasteiger partial charge is 0.313 e. The molecule has 3 nitrogen and oxygen atoms in total. The van der Waals surface area contributed by atoms with Crippen molar-refractivity contribution in [3.8, 4) is 0 Å². The molecular formula is C13H22O3. The minimum absolute atomic E-state index is 0.188. The molecule has 0 amide bonds. The summed E-state index contributed by atoms with van der Waals surface area (Å²) < 4.78 is 5.44. The third-order valence-electron chi connectivity index (χ3n) is 3.12. The summed E-state index contributed by atoms with van der Waals surface area (Å²) in [6.45, 7) is 5.59. The highest BCUT2D eigenvalue weighted by Gasteiger charge is 2.41. The molecule has 1 fully saturated rings. The van der Waals surface area contributed by atoms with Crippen molar-refractivity contribution in [1.29, 1.82) is 0 Å². The fraction of sp³-hybridized carbons (Fsp3) is 0.846. The summed E-state index contributed by atoms with van der Waals surface area (Å²) in [6, 6.07) is 0. The van der Waals surface area contributed by atoms with E-state index in [0.29, 0.717) is 6.42 Å². The van der Waals surface area contributed by atoms with Gasteiger partial charge in [-0.1, -0.05) is 19.3 Å². The molecule has 3 heteroatoms. The van der Waals surface area contributed by atoms with Crippen molar-refractivity contribution in [2.24, 2.45) is 5.41 Å². The van der Waals surface area contributed by atoms with Crippen LogP contribution in [0.3, 0.4) is 0 Å². The molecule has 0 radical (unpaired) electrons. The first-order valence-corrected chi connectivity index (χ1v) is 6.07. The highest BCUT2D eigenvalue weighted by Crippen LogP contribution is 2.40. The van der Waals surface area contributed by atoms with Gasteiger partial charge in [-0.3, -0.25) is 4.79 Å². The number of esters is 1. The minimum atomic E-state index is -0.534. The van der Waals surface area contributed by atoms with Crippen LogP contribution in [0.4, 0.5) is 0 Å². The summed E-state index contributed by atoms with van der Waals surface area (Å²) in [7, 11) is 0. The molecule has 1 aliphatic rings. The van der Waals surface area contributed by atoms with E-state index in [1.54, 1.807) is 0 Å². The van der Waals surface area contributed by atoms with Gasteiger partial charge in [0.05, 0.1) is 5.41 Å². The van der Waals surface area contributed by atoms with Crippen LogP contribution in [0.25, 0.3) is 0 Å². The average Bonchev–Trinajstić information content (AvgIpc) is 2.17. The van der Waals surface area contributed by atoms with Crippen molar-refractivity contribution >= 4 is 12.3 Å². The number of carbonyl (C=O) groups is 2. The van der Waals surface area contributed by atoms with Crippen molar-refractivity contribution in [2.75, 3.05) is 0 Å². The van der Waals surface area contributed by atoms with E-state index in [-0.39, 0.29) is 5.97 Å². The lowest BCUT2D eigenvalue weighted by atomic mass is 9.72. The molecule has 0 aromatic rings. The maximum absolute atomic E-state index is 12.1. The normalized spacial score (nSPS) is 20.2. The van der Waals surface area contributed by atoms with E-state index < -0.39 is 11.0 Å². The summed E-state index contributed by atoms with van der Waals surface area (Å²) in [5.74, 6) is -0.188. The van der Waals surface area contributed by atoms with Crippen LogP contribution in [0, 0.1) is 5.41 Å². The second-order valence-electron chi connectivity index (χ2n) is 5.71. The second kappa shape index (κ2) is 4.98. The third-order valence-corrected chi connectivity index (χ3v) is 3.12. The number of ether oxygens (including phenoxy) is 1. The van der Waals surface area contributed by atoms with E-state index in [1.807, 2.05) is 20.8 Å². The molecule has 0 saturated heterocycles. The number of rotatable bonds is 3. The molecule has 0 bridgehead atoms. The molecule has 16 heavy (non-hydrogen) atoms. The first kappa shape index (κ1) is 13.2. The van der Waals surface area contributed by atoms with E-state index in [9.17, 15) is 9.59 Å². The van der Waals surface area contributed by atoms with Crippen LogP contribution in [0.2, 0.25) is 0 Å². The Labute approximate surface area is 97.5 Å². The molecule has 0 aliphatic heterocycles. The topological polar surface area (TPSA) is 43.4 Å². The van der Waals surface area contributed by atoms with Crippen molar-refractivity contribution < 1.29 is 14.3 Å². The van der Waals surface area contributed by atoms with E-state index >= 15 is 0 Å². The number of hydrogen-bond acceptors (Lipinski definition) is 3. The Morgan fingerprint density at radius 2 is 1.81 bits per heavy atom. The van der Waals surface area contributed by atoms with Gasteiger partial charge in [0.15, 0.2) is 0 Å².